The van der Waals surface area contributed by atoms with Gasteiger partial charge in [0.15, 0.2) is 5.65 Å². The number of hydrogen-bond donors (Lipinski definition) is 0. The predicted octanol–water partition coefficient (Wildman–Crippen LogP) is 3.21. The van der Waals surface area contributed by atoms with E-state index >= 15 is 0 Å². The molecule has 1 aliphatic heterocycles. The zero-order valence-electron chi connectivity index (χ0n) is 14.4. The number of aromatic nitrogens is 3. The van der Waals surface area contributed by atoms with Crippen LogP contribution in [0.3, 0.4) is 0 Å². The van der Waals surface area contributed by atoms with Gasteiger partial charge in [-0.3, -0.25) is 4.79 Å². The van der Waals surface area contributed by atoms with E-state index in [0.29, 0.717) is 5.56 Å². The molecule has 3 heterocycles. The third kappa shape index (κ3) is 3.14. The van der Waals surface area contributed by atoms with E-state index in [-0.39, 0.29) is 11.9 Å². The summed E-state index contributed by atoms with van der Waals surface area (Å²) in [6, 6.07) is 12.5. The molecular weight excluding hydrogens is 312 g/mol. The summed E-state index contributed by atoms with van der Waals surface area (Å²) >= 11 is 0. The van der Waals surface area contributed by atoms with Crippen molar-refractivity contribution in [3.05, 3.63) is 60.0 Å². The quantitative estimate of drug-likeness (QED) is 0.739. The summed E-state index contributed by atoms with van der Waals surface area (Å²) < 4.78 is 1.86. The Hall–Kier alpha value is -2.69. The molecular formula is C20H22N4O. The van der Waals surface area contributed by atoms with Gasteiger partial charge in [-0.2, -0.15) is 0 Å². The highest BCUT2D eigenvalue weighted by Gasteiger charge is 2.28. The molecule has 0 aliphatic carbocycles. The molecule has 2 aromatic heterocycles. The number of carbonyl (C=O) groups excluding carboxylic acids is 1. The number of piperidine rings is 1. The molecule has 0 spiro atoms. The van der Waals surface area contributed by atoms with Crippen molar-refractivity contribution in [2.75, 3.05) is 6.54 Å². The Morgan fingerprint density at radius 3 is 2.88 bits per heavy atom. The van der Waals surface area contributed by atoms with Gasteiger partial charge in [-0.1, -0.05) is 30.3 Å². The van der Waals surface area contributed by atoms with E-state index in [2.05, 4.69) is 34.2 Å². The third-order valence-electron chi connectivity index (χ3n) is 5.00. The lowest BCUT2D eigenvalue weighted by molar-refractivity contribution is 0.0613. The summed E-state index contributed by atoms with van der Waals surface area (Å²) in [5.74, 6) is 0.0701. The number of hydrogen-bond acceptors (Lipinski definition) is 3. The van der Waals surface area contributed by atoms with Gasteiger partial charge >= 0.3 is 0 Å². The van der Waals surface area contributed by atoms with E-state index in [1.165, 1.54) is 12.0 Å². The lowest BCUT2D eigenvalue weighted by atomic mass is 9.95. The van der Waals surface area contributed by atoms with Gasteiger partial charge in [0.2, 0.25) is 0 Å². The van der Waals surface area contributed by atoms with Crippen LogP contribution in [-0.2, 0) is 13.5 Å². The molecule has 1 saturated heterocycles. The van der Waals surface area contributed by atoms with Gasteiger partial charge in [-0.05, 0) is 37.3 Å². The average Bonchev–Trinajstić information content (AvgIpc) is 3.03. The maximum absolute atomic E-state index is 13.1. The molecule has 5 nitrogen and oxygen atoms in total. The van der Waals surface area contributed by atoms with Crippen LogP contribution in [0.15, 0.2) is 48.9 Å². The van der Waals surface area contributed by atoms with E-state index in [4.69, 9.17) is 0 Å². The Morgan fingerprint density at radius 2 is 2.04 bits per heavy atom. The van der Waals surface area contributed by atoms with Crippen molar-refractivity contribution in [1.29, 1.82) is 0 Å². The monoisotopic (exact) mass is 334 g/mol. The standard InChI is InChI=1S/C20H22N4O/c1-23-14-22-18-12-16(13-21-19(18)23)20(25)24-10-6-5-9-17(24)11-15-7-3-2-4-8-15/h2-4,7-8,12-14,17H,5-6,9-11H2,1H3/t17-/m1/s1. The zero-order chi connectivity index (χ0) is 17.2. The molecule has 1 aliphatic rings. The Balaban J connectivity index is 1.59. The second kappa shape index (κ2) is 6.67. The molecule has 25 heavy (non-hydrogen) atoms. The minimum absolute atomic E-state index is 0.0701. The molecule has 0 unspecified atom stereocenters. The highest BCUT2D eigenvalue weighted by Crippen LogP contribution is 2.23. The van der Waals surface area contributed by atoms with Gasteiger partial charge in [0.05, 0.1) is 11.9 Å². The fourth-order valence-corrected chi connectivity index (χ4v) is 3.67. The van der Waals surface area contributed by atoms with Gasteiger partial charge in [-0.15, -0.1) is 0 Å². The lowest BCUT2D eigenvalue weighted by Crippen LogP contribution is -2.44. The first-order valence-electron chi connectivity index (χ1n) is 8.84. The summed E-state index contributed by atoms with van der Waals surface area (Å²) in [4.78, 5) is 23.9. The third-order valence-corrected chi connectivity index (χ3v) is 5.00. The second-order valence-electron chi connectivity index (χ2n) is 6.76. The van der Waals surface area contributed by atoms with Crippen molar-refractivity contribution in [2.24, 2.45) is 7.05 Å². The number of likely N-dealkylation sites (tertiary alicyclic amines) is 1. The number of rotatable bonds is 3. The summed E-state index contributed by atoms with van der Waals surface area (Å²) in [7, 11) is 1.91. The fourth-order valence-electron chi connectivity index (χ4n) is 3.67. The molecule has 0 saturated carbocycles. The van der Waals surface area contributed by atoms with Crippen molar-refractivity contribution in [3.8, 4) is 0 Å². The number of imidazole rings is 1. The van der Waals surface area contributed by atoms with Gasteiger partial charge in [0.1, 0.15) is 5.52 Å². The first-order valence-corrected chi connectivity index (χ1v) is 8.84. The maximum atomic E-state index is 13.1. The summed E-state index contributed by atoms with van der Waals surface area (Å²) in [5.41, 5.74) is 3.48. The summed E-state index contributed by atoms with van der Waals surface area (Å²) in [6.07, 6.45) is 7.62. The van der Waals surface area contributed by atoms with Crippen LogP contribution in [0.25, 0.3) is 11.2 Å². The van der Waals surface area contributed by atoms with Crippen molar-refractivity contribution < 1.29 is 4.79 Å². The molecule has 4 rings (SSSR count). The molecule has 1 atom stereocenters. The average molecular weight is 334 g/mol. The largest absolute Gasteiger partial charge is 0.335 e. The zero-order valence-corrected chi connectivity index (χ0v) is 14.4. The first kappa shape index (κ1) is 15.8. The molecule has 5 heteroatoms. The van der Waals surface area contributed by atoms with Gasteiger partial charge in [0.25, 0.3) is 5.91 Å². The molecule has 0 N–H and O–H groups in total. The topological polar surface area (TPSA) is 51.0 Å². The number of fused-ring (bicyclic) bond motifs is 1. The maximum Gasteiger partial charge on any atom is 0.255 e. The van der Waals surface area contributed by atoms with Crippen LogP contribution in [-0.4, -0.2) is 37.9 Å². The van der Waals surface area contributed by atoms with Crippen LogP contribution in [0.5, 0.6) is 0 Å². The van der Waals surface area contributed by atoms with E-state index < -0.39 is 0 Å². The molecule has 1 amide bonds. The van der Waals surface area contributed by atoms with Crippen molar-refractivity contribution in [3.63, 3.8) is 0 Å². The number of amides is 1. The Labute approximate surface area is 147 Å². The van der Waals surface area contributed by atoms with Gasteiger partial charge in [0, 0.05) is 25.8 Å². The number of benzene rings is 1. The minimum atomic E-state index is 0.0701. The smallest absolute Gasteiger partial charge is 0.255 e. The van der Waals surface area contributed by atoms with Crippen molar-refractivity contribution in [1.82, 2.24) is 19.4 Å². The Bertz CT molecular complexity index is 887. The van der Waals surface area contributed by atoms with Gasteiger partial charge in [-0.25, -0.2) is 9.97 Å². The molecule has 3 aromatic rings. The molecule has 1 fully saturated rings. The fraction of sp³-hybridized carbons (Fsp3) is 0.350. The van der Waals surface area contributed by atoms with Crippen molar-refractivity contribution >= 4 is 17.1 Å². The first-order chi connectivity index (χ1) is 12.2. The predicted molar refractivity (Wildman–Crippen MR) is 97.3 cm³/mol. The summed E-state index contributed by atoms with van der Waals surface area (Å²) in [6.45, 7) is 0.816. The number of pyridine rings is 1. The minimum Gasteiger partial charge on any atom is -0.335 e. The number of carbonyl (C=O) groups is 1. The van der Waals surface area contributed by atoms with Crippen LogP contribution in [0.4, 0.5) is 0 Å². The molecule has 0 radical (unpaired) electrons. The van der Waals surface area contributed by atoms with E-state index in [9.17, 15) is 4.79 Å². The van der Waals surface area contributed by atoms with E-state index in [1.807, 2.05) is 28.6 Å². The van der Waals surface area contributed by atoms with Crippen LogP contribution >= 0.6 is 0 Å². The molecule has 0 bridgehead atoms. The Morgan fingerprint density at radius 1 is 1.20 bits per heavy atom. The van der Waals surface area contributed by atoms with Crippen molar-refractivity contribution in [2.45, 2.75) is 31.7 Å². The second-order valence-corrected chi connectivity index (χ2v) is 6.76. The lowest BCUT2D eigenvalue weighted by Gasteiger charge is -2.36. The Kier molecular flexibility index (Phi) is 4.22. The highest BCUT2D eigenvalue weighted by molar-refractivity contribution is 5.96. The molecule has 128 valence electrons. The normalized spacial score (nSPS) is 17.8. The van der Waals surface area contributed by atoms with Gasteiger partial charge < -0.3 is 9.47 Å². The molecule has 1 aromatic carbocycles. The van der Waals surface area contributed by atoms with Crippen LogP contribution in [0, 0.1) is 0 Å². The van der Waals surface area contributed by atoms with Crippen LogP contribution < -0.4 is 0 Å². The number of aryl methyl sites for hydroxylation is 1. The van der Waals surface area contributed by atoms with Crippen LogP contribution in [0.2, 0.25) is 0 Å². The highest BCUT2D eigenvalue weighted by atomic mass is 16.2. The number of nitrogens with zero attached hydrogens (tertiary/aromatic N) is 4. The van der Waals surface area contributed by atoms with E-state index in [1.54, 1.807) is 12.5 Å². The van der Waals surface area contributed by atoms with E-state index in [0.717, 1.165) is 37.0 Å². The van der Waals surface area contributed by atoms with Crippen LogP contribution in [0.1, 0.15) is 35.2 Å². The summed E-state index contributed by atoms with van der Waals surface area (Å²) in [5, 5.41) is 0. The SMILES string of the molecule is Cn1cnc2cc(C(=O)N3CCCC[C@@H]3Cc3ccccc3)cnc21.